The van der Waals surface area contributed by atoms with E-state index in [1.165, 1.54) is 11.1 Å². The first kappa shape index (κ1) is 8.41. The summed E-state index contributed by atoms with van der Waals surface area (Å²) in [6.07, 6.45) is 0.953. The number of allylic oxidation sites excluding steroid dienone is 1. The molecule has 58 valence electrons. The predicted molar refractivity (Wildman–Crippen MR) is 52.2 cm³/mol. The monoisotopic (exact) mass is 164 g/mol. The maximum Gasteiger partial charge on any atom is 0.00428 e. The lowest BCUT2D eigenvalue weighted by molar-refractivity contribution is 1.14. The van der Waals surface area contributed by atoms with Gasteiger partial charge in [-0.2, -0.15) is 0 Å². The Bertz CT molecular complexity index is 263. The van der Waals surface area contributed by atoms with Crippen LogP contribution in [0.3, 0.4) is 0 Å². The summed E-state index contributed by atoms with van der Waals surface area (Å²) >= 11 is 4.25. The van der Waals surface area contributed by atoms with E-state index < -0.39 is 0 Å². The molecule has 0 fully saturated rings. The largest absolute Gasteiger partial charge is 0.143 e. The van der Waals surface area contributed by atoms with Crippen LogP contribution < -0.4 is 0 Å². The fraction of sp³-hybridized carbons (Fsp3) is 0.200. The number of rotatable bonds is 2. The van der Waals surface area contributed by atoms with E-state index in [2.05, 4.69) is 31.3 Å². The fourth-order valence-corrected chi connectivity index (χ4v) is 1.27. The van der Waals surface area contributed by atoms with E-state index in [1.807, 2.05) is 19.1 Å². The molecule has 1 rings (SSSR count). The van der Waals surface area contributed by atoms with E-state index in [9.17, 15) is 0 Å². The minimum absolute atomic E-state index is 0.953. The Labute approximate surface area is 73.4 Å². The molecule has 0 radical (unpaired) electrons. The average Bonchev–Trinajstić information content (AvgIpc) is 1.85. The molecule has 1 heteroatoms. The number of thiol groups is 1. The minimum Gasteiger partial charge on any atom is -0.143 e. The van der Waals surface area contributed by atoms with Gasteiger partial charge in [-0.05, 0) is 31.0 Å². The molecule has 11 heavy (non-hydrogen) atoms. The van der Waals surface area contributed by atoms with E-state index in [-0.39, 0.29) is 0 Å². The van der Waals surface area contributed by atoms with Gasteiger partial charge in [-0.1, -0.05) is 24.3 Å². The first-order chi connectivity index (χ1) is 5.18. The molecule has 0 unspecified atom stereocenters. The third kappa shape index (κ3) is 2.81. The van der Waals surface area contributed by atoms with Gasteiger partial charge in [0.25, 0.3) is 0 Å². The highest BCUT2D eigenvalue weighted by Gasteiger charge is 1.92. The molecule has 0 aliphatic rings. The predicted octanol–water partition coefficient (Wildman–Crippen LogP) is 3.09. The third-order valence-corrected chi connectivity index (χ3v) is 1.69. The SMILES string of the molecule is C=C(C)Cc1cccc(S)c1. The van der Waals surface area contributed by atoms with Gasteiger partial charge in [-0.3, -0.25) is 0 Å². The highest BCUT2D eigenvalue weighted by Crippen LogP contribution is 2.11. The molecule has 0 bridgehead atoms. The van der Waals surface area contributed by atoms with Crippen LogP contribution in [0.2, 0.25) is 0 Å². The van der Waals surface area contributed by atoms with E-state index in [0.29, 0.717) is 0 Å². The van der Waals surface area contributed by atoms with Gasteiger partial charge in [-0.25, -0.2) is 0 Å². The van der Waals surface area contributed by atoms with Gasteiger partial charge in [-0.15, -0.1) is 12.6 Å². The molecule has 0 aliphatic carbocycles. The summed E-state index contributed by atoms with van der Waals surface area (Å²) < 4.78 is 0. The number of benzene rings is 1. The average molecular weight is 164 g/mol. The topological polar surface area (TPSA) is 0 Å². The van der Waals surface area contributed by atoms with Crippen molar-refractivity contribution in [2.45, 2.75) is 18.2 Å². The smallest absolute Gasteiger partial charge is 0.00428 e. The first-order valence-corrected chi connectivity index (χ1v) is 4.05. The molecule has 1 aromatic carbocycles. The van der Waals surface area contributed by atoms with Crippen molar-refractivity contribution in [2.75, 3.05) is 0 Å². The molecule has 0 nitrogen and oxygen atoms in total. The van der Waals surface area contributed by atoms with Crippen molar-refractivity contribution in [3.63, 3.8) is 0 Å². The lowest BCUT2D eigenvalue weighted by Gasteiger charge is -2.00. The zero-order valence-electron chi connectivity index (χ0n) is 6.67. The Balaban J connectivity index is 2.79. The Morgan fingerprint density at radius 3 is 2.82 bits per heavy atom. The maximum atomic E-state index is 4.25. The zero-order chi connectivity index (χ0) is 8.27. The van der Waals surface area contributed by atoms with Crippen molar-refractivity contribution in [3.8, 4) is 0 Å². The zero-order valence-corrected chi connectivity index (χ0v) is 7.57. The molecular formula is C10H12S. The second-order valence-corrected chi connectivity index (χ2v) is 3.32. The standard InChI is InChI=1S/C10H12S/c1-8(2)6-9-4-3-5-10(11)7-9/h3-5,7,11H,1,6H2,2H3. The molecule has 0 atom stereocenters. The van der Waals surface area contributed by atoms with Crippen molar-refractivity contribution in [2.24, 2.45) is 0 Å². The Morgan fingerprint density at radius 2 is 2.27 bits per heavy atom. The third-order valence-electron chi connectivity index (χ3n) is 1.42. The summed E-state index contributed by atoms with van der Waals surface area (Å²) in [5.74, 6) is 0. The van der Waals surface area contributed by atoms with Gasteiger partial charge in [0.1, 0.15) is 0 Å². The number of hydrogen-bond donors (Lipinski definition) is 1. The molecule has 0 N–H and O–H groups in total. The van der Waals surface area contributed by atoms with Crippen LogP contribution in [0.5, 0.6) is 0 Å². The first-order valence-electron chi connectivity index (χ1n) is 3.61. The molecule has 0 aliphatic heterocycles. The van der Waals surface area contributed by atoms with Crippen molar-refractivity contribution in [3.05, 3.63) is 42.0 Å². The van der Waals surface area contributed by atoms with Gasteiger partial charge >= 0.3 is 0 Å². The summed E-state index contributed by atoms with van der Waals surface area (Å²) in [4.78, 5) is 1.02. The van der Waals surface area contributed by atoms with Crippen LogP contribution in [-0.4, -0.2) is 0 Å². The lowest BCUT2D eigenvalue weighted by Crippen LogP contribution is -1.84. The van der Waals surface area contributed by atoms with E-state index in [0.717, 1.165) is 11.3 Å². The molecule has 0 saturated heterocycles. The molecule has 0 amide bonds. The summed E-state index contributed by atoms with van der Waals surface area (Å²) in [6, 6.07) is 8.15. The van der Waals surface area contributed by atoms with Crippen LogP contribution in [0, 0.1) is 0 Å². The van der Waals surface area contributed by atoms with Gasteiger partial charge in [0, 0.05) is 4.90 Å². The summed E-state index contributed by atoms with van der Waals surface area (Å²) in [5.41, 5.74) is 2.47. The highest BCUT2D eigenvalue weighted by atomic mass is 32.1. The molecular weight excluding hydrogens is 152 g/mol. The number of hydrogen-bond acceptors (Lipinski definition) is 1. The van der Waals surface area contributed by atoms with E-state index in [4.69, 9.17) is 0 Å². The second-order valence-electron chi connectivity index (χ2n) is 2.80. The molecule has 1 aromatic rings. The fourth-order valence-electron chi connectivity index (χ4n) is 1.01. The maximum absolute atomic E-state index is 4.25. The quantitative estimate of drug-likeness (QED) is 0.504. The van der Waals surface area contributed by atoms with Crippen LogP contribution >= 0.6 is 12.6 Å². The molecule has 0 saturated carbocycles. The van der Waals surface area contributed by atoms with Crippen molar-refractivity contribution >= 4 is 12.6 Å². The summed E-state index contributed by atoms with van der Waals surface area (Å²) in [7, 11) is 0. The summed E-state index contributed by atoms with van der Waals surface area (Å²) in [6.45, 7) is 5.89. The van der Waals surface area contributed by atoms with Crippen LogP contribution in [0.1, 0.15) is 12.5 Å². The van der Waals surface area contributed by atoms with Crippen LogP contribution in [-0.2, 0) is 6.42 Å². The van der Waals surface area contributed by atoms with Gasteiger partial charge in [0.2, 0.25) is 0 Å². The van der Waals surface area contributed by atoms with Crippen molar-refractivity contribution in [1.82, 2.24) is 0 Å². The molecule has 0 spiro atoms. The van der Waals surface area contributed by atoms with Crippen LogP contribution in [0.4, 0.5) is 0 Å². The normalized spacial score (nSPS) is 9.64. The van der Waals surface area contributed by atoms with Crippen molar-refractivity contribution in [1.29, 1.82) is 0 Å². The Morgan fingerprint density at radius 1 is 1.55 bits per heavy atom. The van der Waals surface area contributed by atoms with Crippen LogP contribution in [0.25, 0.3) is 0 Å². The Hall–Kier alpha value is -0.690. The van der Waals surface area contributed by atoms with E-state index in [1.54, 1.807) is 0 Å². The van der Waals surface area contributed by atoms with Crippen molar-refractivity contribution < 1.29 is 0 Å². The molecule has 0 aromatic heterocycles. The van der Waals surface area contributed by atoms with Crippen LogP contribution in [0.15, 0.2) is 41.3 Å². The molecule has 0 heterocycles. The van der Waals surface area contributed by atoms with E-state index >= 15 is 0 Å². The highest BCUT2D eigenvalue weighted by molar-refractivity contribution is 7.80. The minimum atomic E-state index is 0.953. The Kier molecular flexibility index (Phi) is 2.77. The second kappa shape index (κ2) is 3.63. The lowest BCUT2D eigenvalue weighted by atomic mass is 10.1. The van der Waals surface area contributed by atoms with Gasteiger partial charge in [0.15, 0.2) is 0 Å². The summed E-state index contributed by atoms with van der Waals surface area (Å²) in [5, 5.41) is 0. The van der Waals surface area contributed by atoms with Gasteiger partial charge in [0.05, 0.1) is 0 Å². The van der Waals surface area contributed by atoms with Gasteiger partial charge < -0.3 is 0 Å².